The number of hydrogen-bond acceptors (Lipinski definition) is 2. The largest absolute Gasteiger partial charge is 0.467 e. The van der Waals surface area contributed by atoms with Crippen LogP contribution in [-0.2, 0) is 19.4 Å². The van der Waals surface area contributed by atoms with Crippen molar-refractivity contribution in [2.24, 2.45) is 5.73 Å². The van der Waals surface area contributed by atoms with Crippen molar-refractivity contribution in [2.75, 3.05) is 0 Å². The molecular formula is C15H19NO. The average Bonchev–Trinajstić information content (AvgIpc) is 2.86. The van der Waals surface area contributed by atoms with Crippen LogP contribution in [0.3, 0.4) is 0 Å². The Labute approximate surface area is 102 Å². The molecule has 2 nitrogen and oxygen atoms in total. The van der Waals surface area contributed by atoms with E-state index in [2.05, 4.69) is 32.0 Å². The smallest absolute Gasteiger partial charge is 0.125 e. The first kappa shape index (κ1) is 11.9. The summed E-state index contributed by atoms with van der Waals surface area (Å²) in [6, 6.07) is 8.61. The predicted molar refractivity (Wildman–Crippen MR) is 70.8 cm³/mol. The topological polar surface area (TPSA) is 39.2 Å². The minimum atomic E-state index is 0.444. The zero-order valence-electron chi connectivity index (χ0n) is 10.5. The maximum atomic E-state index is 5.67. The highest BCUT2D eigenvalue weighted by Gasteiger charge is 2.08. The molecule has 1 aromatic heterocycles. The second-order valence-corrected chi connectivity index (χ2v) is 4.15. The molecule has 1 aromatic carbocycles. The first-order valence-electron chi connectivity index (χ1n) is 6.18. The summed E-state index contributed by atoms with van der Waals surface area (Å²) in [6.45, 7) is 4.83. The summed E-state index contributed by atoms with van der Waals surface area (Å²) < 4.78 is 5.37. The minimum Gasteiger partial charge on any atom is -0.467 e. The molecule has 17 heavy (non-hydrogen) atoms. The molecule has 2 aromatic rings. The molecule has 0 atom stereocenters. The Bertz CT molecular complexity index is 499. The Morgan fingerprint density at radius 3 is 2.47 bits per heavy atom. The van der Waals surface area contributed by atoms with Gasteiger partial charge in [0, 0.05) is 5.56 Å². The molecule has 0 saturated carbocycles. The maximum absolute atomic E-state index is 5.67. The van der Waals surface area contributed by atoms with E-state index >= 15 is 0 Å². The molecule has 0 radical (unpaired) electrons. The third-order valence-electron chi connectivity index (χ3n) is 3.21. The summed E-state index contributed by atoms with van der Waals surface area (Å²) in [5, 5.41) is 0. The van der Waals surface area contributed by atoms with Crippen molar-refractivity contribution in [3.63, 3.8) is 0 Å². The molecule has 0 saturated heterocycles. The Morgan fingerprint density at radius 1 is 1.06 bits per heavy atom. The average molecular weight is 229 g/mol. The lowest BCUT2D eigenvalue weighted by molar-refractivity contribution is 0.513. The van der Waals surface area contributed by atoms with E-state index in [0.717, 1.165) is 24.2 Å². The molecule has 2 heteroatoms. The van der Waals surface area contributed by atoms with Gasteiger partial charge in [-0.3, -0.25) is 0 Å². The van der Waals surface area contributed by atoms with Gasteiger partial charge < -0.3 is 10.2 Å². The molecule has 0 spiro atoms. The SMILES string of the molecule is CCc1ccc(-c2ccoc2CN)cc1CC. The molecular weight excluding hydrogens is 210 g/mol. The van der Waals surface area contributed by atoms with Gasteiger partial charge in [-0.15, -0.1) is 0 Å². The van der Waals surface area contributed by atoms with E-state index in [-0.39, 0.29) is 0 Å². The molecule has 2 rings (SSSR count). The van der Waals surface area contributed by atoms with Gasteiger partial charge in [0.25, 0.3) is 0 Å². The highest BCUT2D eigenvalue weighted by Crippen LogP contribution is 2.27. The van der Waals surface area contributed by atoms with E-state index in [4.69, 9.17) is 10.2 Å². The van der Waals surface area contributed by atoms with Crippen LogP contribution < -0.4 is 5.73 Å². The van der Waals surface area contributed by atoms with Gasteiger partial charge in [-0.05, 0) is 35.6 Å². The van der Waals surface area contributed by atoms with Crippen molar-refractivity contribution >= 4 is 0 Å². The number of furan rings is 1. The second kappa shape index (κ2) is 5.19. The van der Waals surface area contributed by atoms with Crippen LogP contribution >= 0.6 is 0 Å². The van der Waals surface area contributed by atoms with Crippen molar-refractivity contribution in [3.8, 4) is 11.1 Å². The van der Waals surface area contributed by atoms with Gasteiger partial charge in [0.15, 0.2) is 0 Å². The molecule has 90 valence electrons. The Kier molecular flexibility index (Phi) is 3.64. The standard InChI is InChI=1S/C15H19NO/c1-3-11-5-6-13(9-12(11)4-2)14-7-8-17-15(14)10-16/h5-9H,3-4,10,16H2,1-2H3. The lowest BCUT2D eigenvalue weighted by atomic mass is 9.97. The van der Waals surface area contributed by atoms with Crippen LogP contribution in [-0.4, -0.2) is 0 Å². The Hall–Kier alpha value is -1.54. The van der Waals surface area contributed by atoms with Gasteiger partial charge in [0.05, 0.1) is 12.8 Å². The Morgan fingerprint density at radius 2 is 1.82 bits per heavy atom. The fourth-order valence-electron chi connectivity index (χ4n) is 2.22. The summed E-state index contributed by atoms with van der Waals surface area (Å²) in [4.78, 5) is 0. The van der Waals surface area contributed by atoms with E-state index < -0.39 is 0 Å². The van der Waals surface area contributed by atoms with Crippen LogP contribution in [0.2, 0.25) is 0 Å². The maximum Gasteiger partial charge on any atom is 0.125 e. The van der Waals surface area contributed by atoms with Gasteiger partial charge in [-0.1, -0.05) is 32.0 Å². The fourth-order valence-corrected chi connectivity index (χ4v) is 2.22. The normalized spacial score (nSPS) is 10.8. The quantitative estimate of drug-likeness (QED) is 0.871. The Balaban J connectivity index is 2.46. The zero-order chi connectivity index (χ0) is 12.3. The first-order chi connectivity index (χ1) is 8.30. The molecule has 0 amide bonds. The number of nitrogens with two attached hydrogens (primary N) is 1. The molecule has 0 fully saturated rings. The van der Waals surface area contributed by atoms with Crippen molar-refractivity contribution in [1.29, 1.82) is 0 Å². The molecule has 0 unspecified atom stereocenters. The van der Waals surface area contributed by atoms with Crippen LogP contribution in [0.5, 0.6) is 0 Å². The first-order valence-corrected chi connectivity index (χ1v) is 6.18. The van der Waals surface area contributed by atoms with Crippen molar-refractivity contribution in [3.05, 3.63) is 47.4 Å². The highest BCUT2D eigenvalue weighted by atomic mass is 16.3. The van der Waals surface area contributed by atoms with Gasteiger partial charge in [0.1, 0.15) is 5.76 Å². The third kappa shape index (κ3) is 2.27. The van der Waals surface area contributed by atoms with E-state index in [0.29, 0.717) is 6.54 Å². The fraction of sp³-hybridized carbons (Fsp3) is 0.333. The molecule has 0 aliphatic carbocycles. The number of rotatable bonds is 4. The van der Waals surface area contributed by atoms with Crippen LogP contribution in [0.1, 0.15) is 30.7 Å². The highest BCUT2D eigenvalue weighted by molar-refractivity contribution is 5.66. The van der Waals surface area contributed by atoms with E-state index in [1.807, 2.05) is 6.07 Å². The van der Waals surface area contributed by atoms with Crippen LogP contribution in [0.4, 0.5) is 0 Å². The summed E-state index contributed by atoms with van der Waals surface area (Å²) in [5.74, 6) is 0.858. The summed E-state index contributed by atoms with van der Waals surface area (Å²) in [6.07, 6.45) is 3.85. The number of aryl methyl sites for hydroxylation is 2. The lowest BCUT2D eigenvalue weighted by Crippen LogP contribution is -1.97. The third-order valence-corrected chi connectivity index (χ3v) is 3.21. The van der Waals surface area contributed by atoms with Gasteiger partial charge in [0.2, 0.25) is 0 Å². The second-order valence-electron chi connectivity index (χ2n) is 4.15. The van der Waals surface area contributed by atoms with Crippen molar-refractivity contribution in [1.82, 2.24) is 0 Å². The summed E-state index contributed by atoms with van der Waals surface area (Å²) in [5.41, 5.74) is 10.8. The molecule has 0 aliphatic heterocycles. The summed E-state index contributed by atoms with van der Waals surface area (Å²) in [7, 11) is 0. The monoisotopic (exact) mass is 229 g/mol. The van der Waals surface area contributed by atoms with Crippen LogP contribution in [0, 0.1) is 0 Å². The van der Waals surface area contributed by atoms with Gasteiger partial charge in [-0.25, -0.2) is 0 Å². The summed E-state index contributed by atoms with van der Waals surface area (Å²) >= 11 is 0. The molecule has 2 N–H and O–H groups in total. The molecule has 1 heterocycles. The van der Waals surface area contributed by atoms with Crippen LogP contribution in [0.25, 0.3) is 11.1 Å². The zero-order valence-corrected chi connectivity index (χ0v) is 10.5. The van der Waals surface area contributed by atoms with Crippen molar-refractivity contribution in [2.45, 2.75) is 33.2 Å². The minimum absolute atomic E-state index is 0.444. The number of hydrogen-bond donors (Lipinski definition) is 1. The lowest BCUT2D eigenvalue weighted by Gasteiger charge is -2.08. The van der Waals surface area contributed by atoms with E-state index in [1.54, 1.807) is 6.26 Å². The van der Waals surface area contributed by atoms with Gasteiger partial charge in [-0.2, -0.15) is 0 Å². The molecule has 0 aliphatic rings. The van der Waals surface area contributed by atoms with Crippen molar-refractivity contribution < 1.29 is 4.42 Å². The van der Waals surface area contributed by atoms with Crippen LogP contribution in [0.15, 0.2) is 34.9 Å². The molecule has 0 bridgehead atoms. The predicted octanol–water partition coefficient (Wildman–Crippen LogP) is 3.53. The van der Waals surface area contributed by atoms with Gasteiger partial charge >= 0.3 is 0 Å². The van der Waals surface area contributed by atoms with E-state index in [9.17, 15) is 0 Å². The number of benzene rings is 1. The van der Waals surface area contributed by atoms with E-state index in [1.165, 1.54) is 16.7 Å².